The molecule has 4 aliphatic rings. The number of nitrogens with zero attached hydrogens (tertiary/aromatic N) is 2. The van der Waals surface area contributed by atoms with Gasteiger partial charge in [0.15, 0.2) is 0 Å². The van der Waals surface area contributed by atoms with Crippen LogP contribution in [0.3, 0.4) is 0 Å². The molecule has 1 aromatic heterocycles. The summed E-state index contributed by atoms with van der Waals surface area (Å²) in [5.41, 5.74) is 17.4. The van der Waals surface area contributed by atoms with Crippen molar-refractivity contribution in [3.8, 4) is 0 Å². The van der Waals surface area contributed by atoms with Gasteiger partial charge < -0.3 is 9.80 Å². The predicted molar refractivity (Wildman–Crippen MR) is 211 cm³/mol. The molecule has 9 rings (SSSR count). The van der Waals surface area contributed by atoms with Crippen molar-refractivity contribution in [2.75, 3.05) is 9.80 Å². The van der Waals surface area contributed by atoms with Crippen molar-refractivity contribution < 1.29 is 0 Å². The molecule has 0 amide bonds. The summed E-state index contributed by atoms with van der Waals surface area (Å²) in [4.78, 5) is 5.54. The van der Waals surface area contributed by atoms with Crippen molar-refractivity contribution in [1.82, 2.24) is 0 Å². The number of aryl methyl sites for hydroxylation is 2. The van der Waals surface area contributed by atoms with Crippen LogP contribution < -0.4 is 25.5 Å². The Morgan fingerprint density at radius 1 is 0.729 bits per heavy atom. The predicted octanol–water partition coefficient (Wildman–Crippen LogP) is 10.5. The van der Waals surface area contributed by atoms with Crippen LogP contribution in [0.4, 0.5) is 28.4 Å². The van der Waals surface area contributed by atoms with E-state index in [0.717, 1.165) is 0 Å². The first-order valence-electron chi connectivity index (χ1n) is 18.2. The van der Waals surface area contributed by atoms with Crippen LogP contribution in [0.2, 0.25) is 0 Å². The van der Waals surface area contributed by atoms with Crippen LogP contribution in [0.5, 0.6) is 0 Å². The van der Waals surface area contributed by atoms with Crippen molar-refractivity contribution in [2.24, 2.45) is 0 Å². The summed E-state index contributed by atoms with van der Waals surface area (Å²) in [5, 5.41) is 1.36. The van der Waals surface area contributed by atoms with Crippen LogP contribution in [0, 0.1) is 13.8 Å². The molecule has 2 atom stereocenters. The van der Waals surface area contributed by atoms with Gasteiger partial charge >= 0.3 is 0 Å². The van der Waals surface area contributed by atoms with Crippen LogP contribution in [0.25, 0.3) is 10.1 Å². The van der Waals surface area contributed by atoms with E-state index >= 15 is 0 Å². The van der Waals surface area contributed by atoms with Gasteiger partial charge in [0.2, 0.25) is 0 Å². The van der Waals surface area contributed by atoms with E-state index in [4.69, 9.17) is 0 Å². The average Bonchev–Trinajstić information content (AvgIpc) is 3.49. The summed E-state index contributed by atoms with van der Waals surface area (Å²) >= 11 is 2.02. The van der Waals surface area contributed by atoms with E-state index in [1.54, 1.807) is 5.56 Å². The van der Waals surface area contributed by atoms with Crippen LogP contribution >= 0.6 is 11.3 Å². The Bertz CT molecular complexity index is 2190. The second-order valence-corrected chi connectivity index (χ2v) is 19.0. The lowest BCUT2D eigenvalue weighted by atomic mass is 9.36. The summed E-state index contributed by atoms with van der Waals surface area (Å²) < 4.78 is 2.87. The second-order valence-electron chi connectivity index (χ2n) is 17.9. The monoisotopic (exact) mass is 648 g/mol. The standard InChI is InChI=1S/C44H49BN2S/c1-26-21-34-37-35(22-26)47-39-31(43(9)19-13-14-20-44(43,47)10)24-29(42(6,7)8)25-32(39)45(37)40-38(30-15-11-12-16-36(30)48-40)46(34)33-18-17-28(23-27(33)2)41(3,4)5/h11-12,15-18,21-25H,13-14,19-20H2,1-10H3. The Balaban J connectivity index is 1.43. The van der Waals surface area contributed by atoms with Crippen LogP contribution in [-0.4, -0.2) is 12.3 Å². The van der Waals surface area contributed by atoms with E-state index in [9.17, 15) is 0 Å². The van der Waals surface area contributed by atoms with Gasteiger partial charge in [-0.15, -0.1) is 11.3 Å². The Morgan fingerprint density at radius 2 is 1.44 bits per heavy atom. The van der Waals surface area contributed by atoms with Gasteiger partial charge in [0.05, 0.1) is 11.2 Å². The van der Waals surface area contributed by atoms with E-state index in [-0.39, 0.29) is 28.5 Å². The summed E-state index contributed by atoms with van der Waals surface area (Å²) in [6.07, 6.45) is 5.07. The zero-order valence-electron chi connectivity index (χ0n) is 30.6. The zero-order valence-corrected chi connectivity index (χ0v) is 31.4. The van der Waals surface area contributed by atoms with Gasteiger partial charge in [-0.2, -0.15) is 0 Å². The number of anilines is 5. The number of benzene rings is 4. The lowest BCUT2D eigenvalue weighted by molar-refractivity contribution is 0.195. The molecule has 4 heteroatoms. The molecule has 4 aromatic carbocycles. The maximum Gasteiger partial charge on any atom is 0.264 e. The fourth-order valence-electron chi connectivity index (χ4n) is 9.96. The van der Waals surface area contributed by atoms with Gasteiger partial charge in [0.25, 0.3) is 6.71 Å². The number of rotatable bonds is 1. The molecule has 0 saturated heterocycles. The number of thiophene rings is 1. The third-order valence-corrected chi connectivity index (χ3v) is 14.1. The Labute approximate surface area is 292 Å². The van der Waals surface area contributed by atoms with E-state index in [1.165, 1.54) is 102 Å². The summed E-state index contributed by atoms with van der Waals surface area (Å²) in [6, 6.07) is 26.6. The lowest BCUT2D eigenvalue weighted by Crippen LogP contribution is -2.64. The maximum atomic E-state index is 2.87. The van der Waals surface area contributed by atoms with E-state index < -0.39 is 0 Å². The number of hydrogen-bond acceptors (Lipinski definition) is 3. The van der Waals surface area contributed by atoms with Gasteiger partial charge in [-0.05, 0) is 107 Å². The molecule has 0 radical (unpaired) electrons. The first-order valence-corrected chi connectivity index (χ1v) is 19.0. The molecule has 48 heavy (non-hydrogen) atoms. The molecule has 4 heterocycles. The third-order valence-electron chi connectivity index (χ3n) is 12.8. The van der Waals surface area contributed by atoms with E-state index in [2.05, 4.69) is 146 Å². The van der Waals surface area contributed by atoms with Gasteiger partial charge in [0, 0.05) is 43.0 Å². The summed E-state index contributed by atoms with van der Waals surface area (Å²) in [6.45, 7) is 24.2. The fraction of sp³-hybridized carbons (Fsp3) is 0.409. The highest BCUT2D eigenvalue weighted by Crippen LogP contribution is 2.62. The first-order chi connectivity index (χ1) is 22.6. The van der Waals surface area contributed by atoms with Gasteiger partial charge in [-0.1, -0.05) is 104 Å². The maximum absolute atomic E-state index is 2.87. The van der Waals surface area contributed by atoms with Crippen LogP contribution in [0.15, 0.2) is 66.7 Å². The topological polar surface area (TPSA) is 6.48 Å². The smallest absolute Gasteiger partial charge is 0.264 e. The molecule has 0 bridgehead atoms. The molecule has 1 aliphatic carbocycles. The minimum atomic E-state index is 0.0287. The van der Waals surface area contributed by atoms with Crippen molar-refractivity contribution in [3.63, 3.8) is 0 Å². The number of fused-ring (bicyclic) bond motifs is 9. The van der Waals surface area contributed by atoms with E-state index in [1.807, 2.05) is 11.3 Å². The SMILES string of the molecule is Cc1cc2c3c(c1)N1c4c(cc(C(C)(C)C)cc4C4(C)CCCCC14C)B3c1sc3ccccc3c1N2c1ccc(C(C)(C)C)cc1C. The van der Waals surface area contributed by atoms with Crippen LogP contribution in [-0.2, 0) is 16.2 Å². The minimum Gasteiger partial charge on any atom is -0.335 e. The van der Waals surface area contributed by atoms with E-state index in [0.29, 0.717) is 0 Å². The summed E-state index contributed by atoms with van der Waals surface area (Å²) in [5.74, 6) is 0. The fourth-order valence-corrected chi connectivity index (χ4v) is 11.3. The third kappa shape index (κ3) is 3.82. The van der Waals surface area contributed by atoms with Crippen LogP contribution in [0.1, 0.15) is 109 Å². The van der Waals surface area contributed by atoms with Crippen molar-refractivity contribution >= 4 is 72.3 Å². The Kier molecular flexibility index (Phi) is 6.11. The van der Waals surface area contributed by atoms with Gasteiger partial charge in [-0.3, -0.25) is 0 Å². The van der Waals surface area contributed by atoms with Gasteiger partial charge in [0.1, 0.15) is 0 Å². The lowest BCUT2D eigenvalue weighted by Gasteiger charge is -2.52. The molecule has 1 fully saturated rings. The minimum absolute atomic E-state index is 0.0287. The highest BCUT2D eigenvalue weighted by atomic mass is 32.1. The number of hydrogen-bond donors (Lipinski definition) is 0. The molecule has 0 spiro atoms. The Morgan fingerprint density at radius 3 is 2.17 bits per heavy atom. The molecule has 3 aliphatic heterocycles. The molecule has 0 N–H and O–H groups in total. The zero-order chi connectivity index (χ0) is 33.7. The molecular formula is C44H49BN2S. The molecule has 244 valence electrons. The molecular weight excluding hydrogens is 599 g/mol. The average molecular weight is 649 g/mol. The highest BCUT2D eigenvalue weighted by molar-refractivity contribution is 7.33. The van der Waals surface area contributed by atoms with Gasteiger partial charge in [-0.25, -0.2) is 0 Å². The van der Waals surface area contributed by atoms with Crippen molar-refractivity contribution in [1.29, 1.82) is 0 Å². The molecule has 1 saturated carbocycles. The first kappa shape index (κ1) is 30.6. The molecule has 5 aromatic rings. The van der Waals surface area contributed by atoms with Crippen molar-refractivity contribution in [2.45, 2.75) is 117 Å². The second kappa shape index (κ2) is 9.60. The molecule has 2 unspecified atom stereocenters. The summed E-state index contributed by atoms with van der Waals surface area (Å²) in [7, 11) is 0. The molecule has 2 nitrogen and oxygen atoms in total. The van der Waals surface area contributed by atoms with Crippen molar-refractivity contribution in [3.05, 3.63) is 94.5 Å². The highest BCUT2D eigenvalue weighted by Gasteiger charge is 2.61. The Hall–Kier alpha value is -3.50. The normalized spacial score (nSPS) is 22.5. The quantitative estimate of drug-likeness (QED) is 0.164. The largest absolute Gasteiger partial charge is 0.335 e.